The molecule has 3 rings (SSSR count). The number of nitrogens with one attached hydrogen (secondary N) is 1. The van der Waals surface area contributed by atoms with Crippen molar-refractivity contribution in [3.8, 4) is 17.2 Å². The van der Waals surface area contributed by atoms with Crippen LogP contribution in [0, 0.1) is 0 Å². The fraction of sp³-hybridized carbons (Fsp3) is 0.259. The topological polar surface area (TPSA) is 105 Å². The fourth-order valence-electron chi connectivity index (χ4n) is 3.68. The van der Waals surface area contributed by atoms with Gasteiger partial charge in [0.15, 0.2) is 0 Å². The number of carbonyl (C=O) groups is 2. The summed E-state index contributed by atoms with van der Waals surface area (Å²) in [5.41, 5.74) is 1.03. The van der Waals surface area contributed by atoms with Crippen molar-refractivity contribution in [1.29, 1.82) is 0 Å². The number of hydrogen-bond acceptors (Lipinski definition) is 6. The maximum absolute atomic E-state index is 13.5. The highest BCUT2D eigenvalue weighted by molar-refractivity contribution is 7.92. The van der Waals surface area contributed by atoms with E-state index in [0.29, 0.717) is 22.9 Å². The minimum absolute atomic E-state index is 0.0894. The van der Waals surface area contributed by atoms with Crippen molar-refractivity contribution < 1.29 is 27.5 Å². The van der Waals surface area contributed by atoms with Crippen molar-refractivity contribution in [3.63, 3.8) is 0 Å². The third kappa shape index (κ3) is 7.47. The lowest BCUT2D eigenvalue weighted by Crippen LogP contribution is -2.50. The van der Waals surface area contributed by atoms with Crippen LogP contribution in [0.25, 0.3) is 0 Å². The molecule has 1 atom stereocenters. The Morgan fingerprint density at radius 1 is 0.919 bits per heavy atom. The predicted octanol–water partition coefficient (Wildman–Crippen LogP) is 3.42. The van der Waals surface area contributed by atoms with Gasteiger partial charge in [0.05, 0.1) is 19.1 Å². The minimum Gasteiger partial charge on any atom is -0.497 e. The molecule has 0 aromatic heterocycles. The number of sulfonamides is 1. The summed E-state index contributed by atoms with van der Waals surface area (Å²) in [6, 6.07) is 21.9. The normalized spacial score (nSPS) is 11.8. The van der Waals surface area contributed by atoms with Crippen LogP contribution in [0.5, 0.6) is 17.2 Å². The summed E-state index contributed by atoms with van der Waals surface area (Å²) < 4.78 is 37.4. The van der Waals surface area contributed by atoms with Crippen LogP contribution in [-0.4, -0.2) is 58.1 Å². The summed E-state index contributed by atoms with van der Waals surface area (Å²) in [4.78, 5) is 27.3. The van der Waals surface area contributed by atoms with Gasteiger partial charge in [0.2, 0.25) is 21.8 Å². The number of nitrogens with zero attached hydrogens (tertiary/aromatic N) is 2. The molecule has 0 saturated carbocycles. The van der Waals surface area contributed by atoms with E-state index in [4.69, 9.17) is 9.47 Å². The highest BCUT2D eigenvalue weighted by Crippen LogP contribution is 2.26. The van der Waals surface area contributed by atoms with Crippen molar-refractivity contribution in [2.45, 2.75) is 19.5 Å². The van der Waals surface area contributed by atoms with E-state index in [-0.39, 0.29) is 12.5 Å². The Morgan fingerprint density at radius 3 is 2.14 bits per heavy atom. The highest BCUT2D eigenvalue weighted by atomic mass is 32.2. The van der Waals surface area contributed by atoms with Crippen molar-refractivity contribution in [2.75, 3.05) is 31.3 Å². The van der Waals surface area contributed by atoms with Gasteiger partial charge in [0.1, 0.15) is 29.8 Å². The molecule has 0 heterocycles. The number of methoxy groups -OCH3 is 1. The lowest BCUT2D eigenvalue weighted by molar-refractivity contribution is -0.139. The van der Waals surface area contributed by atoms with Gasteiger partial charge in [-0.25, -0.2) is 8.42 Å². The van der Waals surface area contributed by atoms with Gasteiger partial charge >= 0.3 is 0 Å². The molecular weight excluding hydrogens is 494 g/mol. The smallest absolute Gasteiger partial charge is 0.244 e. The lowest BCUT2D eigenvalue weighted by atomic mass is 10.1. The maximum Gasteiger partial charge on any atom is 0.244 e. The van der Waals surface area contributed by atoms with E-state index in [9.17, 15) is 18.0 Å². The van der Waals surface area contributed by atoms with Crippen molar-refractivity contribution >= 4 is 27.5 Å². The Balaban J connectivity index is 1.85. The van der Waals surface area contributed by atoms with E-state index in [1.807, 2.05) is 18.2 Å². The minimum atomic E-state index is -3.83. The molecule has 196 valence electrons. The average molecular weight is 526 g/mol. The number of hydrogen-bond donors (Lipinski definition) is 1. The second kappa shape index (κ2) is 12.3. The number of rotatable bonds is 11. The SMILES string of the molecule is CNC(=O)[C@H](C)N(Cc1cccc(OC)c1)C(=O)CN(c1ccc(Oc2ccccc2)cc1)S(C)(=O)=O. The number of carbonyl (C=O) groups excluding carboxylic acids is 2. The van der Waals surface area contributed by atoms with Crippen molar-refractivity contribution in [2.24, 2.45) is 0 Å². The Morgan fingerprint density at radius 2 is 1.54 bits per heavy atom. The summed E-state index contributed by atoms with van der Waals surface area (Å²) in [5.74, 6) is 0.857. The van der Waals surface area contributed by atoms with Gasteiger partial charge < -0.3 is 19.7 Å². The first-order chi connectivity index (χ1) is 17.6. The van der Waals surface area contributed by atoms with Gasteiger partial charge in [0, 0.05) is 13.6 Å². The Bertz CT molecular complexity index is 1310. The Labute approximate surface area is 217 Å². The van der Waals surface area contributed by atoms with E-state index in [2.05, 4.69) is 5.32 Å². The lowest BCUT2D eigenvalue weighted by Gasteiger charge is -2.31. The van der Waals surface area contributed by atoms with Crippen LogP contribution in [0.1, 0.15) is 12.5 Å². The van der Waals surface area contributed by atoms with Gasteiger partial charge in [-0.15, -0.1) is 0 Å². The van der Waals surface area contributed by atoms with Crippen LogP contribution in [0.4, 0.5) is 5.69 Å². The predicted molar refractivity (Wildman–Crippen MR) is 142 cm³/mol. The molecule has 9 nitrogen and oxygen atoms in total. The molecule has 0 aliphatic carbocycles. The largest absolute Gasteiger partial charge is 0.497 e. The van der Waals surface area contributed by atoms with Crippen molar-refractivity contribution in [3.05, 3.63) is 84.4 Å². The van der Waals surface area contributed by atoms with E-state index in [1.165, 1.54) is 19.1 Å². The van der Waals surface area contributed by atoms with Crippen molar-refractivity contribution in [1.82, 2.24) is 10.2 Å². The quantitative estimate of drug-likeness (QED) is 0.411. The molecule has 0 unspecified atom stereocenters. The fourth-order valence-corrected chi connectivity index (χ4v) is 4.53. The molecule has 0 bridgehead atoms. The first-order valence-electron chi connectivity index (χ1n) is 11.6. The number of benzene rings is 3. The van der Waals surface area contributed by atoms with Gasteiger partial charge in [0.25, 0.3) is 0 Å². The van der Waals surface area contributed by atoms with Crippen LogP contribution in [-0.2, 0) is 26.2 Å². The molecule has 0 radical (unpaired) electrons. The average Bonchev–Trinajstić information content (AvgIpc) is 2.90. The molecule has 0 aliphatic heterocycles. The monoisotopic (exact) mass is 525 g/mol. The zero-order chi connectivity index (χ0) is 27.0. The van der Waals surface area contributed by atoms with E-state index < -0.39 is 28.5 Å². The second-order valence-electron chi connectivity index (χ2n) is 8.34. The van der Waals surface area contributed by atoms with Crippen LogP contribution >= 0.6 is 0 Å². The zero-order valence-electron chi connectivity index (χ0n) is 21.2. The Hall–Kier alpha value is -4.05. The molecule has 3 aromatic carbocycles. The van der Waals surface area contributed by atoms with Gasteiger partial charge in [-0.05, 0) is 61.0 Å². The van der Waals surface area contributed by atoms with Gasteiger partial charge in [-0.3, -0.25) is 13.9 Å². The van der Waals surface area contributed by atoms with Crippen LogP contribution < -0.4 is 19.1 Å². The first kappa shape index (κ1) is 27.5. The second-order valence-corrected chi connectivity index (χ2v) is 10.2. The molecule has 0 spiro atoms. The standard InChI is InChI=1S/C27H31N3O6S/c1-20(27(32)28-2)29(18-21-9-8-12-25(17-21)35-3)26(31)19-30(37(4,33)34)22-13-15-24(16-14-22)36-23-10-6-5-7-11-23/h5-17,20H,18-19H2,1-4H3,(H,28,32)/t20-/m0/s1. The number of anilines is 1. The van der Waals surface area contributed by atoms with E-state index >= 15 is 0 Å². The number of para-hydroxylation sites is 1. The third-order valence-electron chi connectivity index (χ3n) is 5.68. The van der Waals surface area contributed by atoms with Crippen LogP contribution in [0.2, 0.25) is 0 Å². The van der Waals surface area contributed by atoms with Gasteiger partial charge in [-0.1, -0.05) is 30.3 Å². The van der Waals surface area contributed by atoms with Crippen LogP contribution in [0.15, 0.2) is 78.9 Å². The molecule has 10 heteroatoms. The summed E-state index contributed by atoms with van der Waals surface area (Å²) in [6.07, 6.45) is 1.03. The van der Waals surface area contributed by atoms with E-state index in [1.54, 1.807) is 67.6 Å². The summed E-state index contributed by atoms with van der Waals surface area (Å²) in [5, 5.41) is 2.55. The summed E-state index contributed by atoms with van der Waals surface area (Å²) in [7, 11) is -0.811. The molecular formula is C27H31N3O6S. The number of ether oxygens (including phenoxy) is 2. The molecule has 37 heavy (non-hydrogen) atoms. The molecule has 0 fully saturated rings. The highest BCUT2D eigenvalue weighted by Gasteiger charge is 2.29. The number of likely N-dealkylation sites (N-methyl/N-ethyl adjacent to an activating group) is 1. The molecule has 3 aromatic rings. The van der Waals surface area contributed by atoms with Crippen LogP contribution in [0.3, 0.4) is 0 Å². The molecule has 1 N–H and O–H groups in total. The zero-order valence-corrected chi connectivity index (χ0v) is 22.1. The third-order valence-corrected chi connectivity index (χ3v) is 6.82. The molecule has 0 saturated heterocycles. The Kier molecular flexibility index (Phi) is 9.13. The number of amides is 2. The summed E-state index contributed by atoms with van der Waals surface area (Å²) >= 11 is 0. The van der Waals surface area contributed by atoms with Gasteiger partial charge in [-0.2, -0.15) is 0 Å². The summed E-state index contributed by atoms with van der Waals surface area (Å²) in [6.45, 7) is 1.20. The van der Waals surface area contributed by atoms with E-state index in [0.717, 1.165) is 16.1 Å². The molecule has 0 aliphatic rings. The first-order valence-corrected chi connectivity index (χ1v) is 13.4. The molecule has 2 amide bonds. The maximum atomic E-state index is 13.5.